The van der Waals surface area contributed by atoms with Crippen molar-refractivity contribution in [1.82, 2.24) is 0 Å². The zero-order chi connectivity index (χ0) is 14.6. The number of hydrogen-bond acceptors (Lipinski definition) is 2. The minimum Gasteiger partial charge on any atom is -0.394 e. The Morgan fingerprint density at radius 1 is 1.35 bits per heavy atom. The molecule has 20 heavy (non-hydrogen) atoms. The molecule has 112 valence electrons. The topological polar surface area (TPSA) is 32.3 Å². The molecule has 0 radical (unpaired) electrons. The Labute approximate surface area is 127 Å². The molecule has 0 heterocycles. The third-order valence-electron chi connectivity index (χ3n) is 4.70. The molecule has 0 spiro atoms. The standard InChI is InChI=1S/C17H26ClNO/c1-13(2)14-5-4-9-17(12-20,10-8-14)19-16-7-3-6-15(18)11-16/h3,6-7,11,13-14,19-20H,4-5,8-10,12H2,1-2H3. The summed E-state index contributed by atoms with van der Waals surface area (Å²) in [5.74, 6) is 1.51. The van der Waals surface area contributed by atoms with Gasteiger partial charge >= 0.3 is 0 Å². The summed E-state index contributed by atoms with van der Waals surface area (Å²) in [5.41, 5.74) is 0.823. The number of hydrogen-bond donors (Lipinski definition) is 2. The lowest BCUT2D eigenvalue weighted by Crippen LogP contribution is -2.41. The van der Waals surface area contributed by atoms with Crippen molar-refractivity contribution in [1.29, 1.82) is 0 Å². The van der Waals surface area contributed by atoms with Gasteiger partial charge in [0.15, 0.2) is 0 Å². The summed E-state index contributed by atoms with van der Waals surface area (Å²) in [7, 11) is 0. The first-order chi connectivity index (χ1) is 9.54. The maximum Gasteiger partial charge on any atom is 0.0661 e. The van der Waals surface area contributed by atoms with Gasteiger partial charge in [-0.25, -0.2) is 0 Å². The van der Waals surface area contributed by atoms with Gasteiger partial charge in [-0.3, -0.25) is 0 Å². The number of halogens is 1. The van der Waals surface area contributed by atoms with Crippen LogP contribution in [0.3, 0.4) is 0 Å². The lowest BCUT2D eigenvalue weighted by molar-refractivity contribution is 0.193. The van der Waals surface area contributed by atoms with Crippen molar-refractivity contribution >= 4 is 17.3 Å². The molecule has 2 N–H and O–H groups in total. The summed E-state index contributed by atoms with van der Waals surface area (Å²) >= 11 is 6.05. The van der Waals surface area contributed by atoms with Crippen molar-refractivity contribution in [2.24, 2.45) is 11.8 Å². The Balaban J connectivity index is 2.09. The molecule has 0 bridgehead atoms. The van der Waals surface area contributed by atoms with E-state index in [1.807, 2.05) is 24.3 Å². The normalized spacial score (nSPS) is 27.4. The van der Waals surface area contributed by atoms with E-state index in [2.05, 4.69) is 19.2 Å². The summed E-state index contributed by atoms with van der Waals surface area (Å²) in [5, 5.41) is 14.2. The SMILES string of the molecule is CC(C)C1CCCC(CO)(Nc2cccc(Cl)c2)CC1. The van der Waals surface area contributed by atoms with E-state index in [1.54, 1.807) is 0 Å². The zero-order valence-electron chi connectivity index (χ0n) is 12.5. The van der Waals surface area contributed by atoms with E-state index in [4.69, 9.17) is 11.6 Å². The Morgan fingerprint density at radius 2 is 2.15 bits per heavy atom. The molecule has 1 aliphatic carbocycles. The zero-order valence-corrected chi connectivity index (χ0v) is 13.3. The van der Waals surface area contributed by atoms with Crippen LogP contribution < -0.4 is 5.32 Å². The van der Waals surface area contributed by atoms with Crippen LogP contribution in [0.25, 0.3) is 0 Å². The van der Waals surface area contributed by atoms with Gasteiger partial charge in [-0.2, -0.15) is 0 Å². The highest BCUT2D eigenvalue weighted by atomic mass is 35.5. The Kier molecular flexibility index (Phi) is 5.34. The van der Waals surface area contributed by atoms with Crippen LogP contribution in [-0.4, -0.2) is 17.3 Å². The predicted molar refractivity (Wildman–Crippen MR) is 86.3 cm³/mol. The Hall–Kier alpha value is -0.730. The molecule has 2 nitrogen and oxygen atoms in total. The lowest BCUT2D eigenvalue weighted by atomic mass is 9.86. The fraction of sp³-hybridized carbons (Fsp3) is 0.647. The first-order valence-electron chi connectivity index (χ1n) is 7.69. The van der Waals surface area contributed by atoms with Crippen LogP contribution in [0, 0.1) is 11.8 Å². The Morgan fingerprint density at radius 3 is 2.80 bits per heavy atom. The van der Waals surface area contributed by atoms with Crippen LogP contribution in [0.4, 0.5) is 5.69 Å². The molecule has 2 unspecified atom stereocenters. The smallest absolute Gasteiger partial charge is 0.0661 e. The van der Waals surface area contributed by atoms with Crippen LogP contribution in [0.15, 0.2) is 24.3 Å². The number of rotatable bonds is 4. The second kappa shape index (κ2) is 6.82. The molecule has 0 amide bonds. The molecular weight excluding hydrogens is 270 g/mol. The van der Waals surface area contributed by atoms with Gasteiger partial charge < -0.3 is 10.4 Å². The molecular formula is C17H26ClNO. The van der Waals surface area contributed by atoms with Gasteiger partial charge in [-0.05, 0) is 49.3 Å². The molecule has 1 saturated carbocycles. The molecule has 3 heteroatoms. The van der Waals surface area contributed by atoms with E-state index >= 15 is 0 Å². The largest absolute Gasteiger partial charge is 0.394 e. The molecule has 0 aliphatic heterocycles. The van der Waals surface area contributed by atoms with Crippen LogP contribution in [0.1, 0.15) is 46.0 Å². The van der Waals surface area contributed by atoms with E-state index < -0.39 is 0 Å². The van der Waals surface area contributed by atoms with Crippen LogP contribution >= 0.6 is 11.6 Å². The van der Waals surface area contributed by atoms with Crippen molar-refractivity contribution in [3.63, 3.8) is 0 Å². The second-order valence-electron chi connectivity index (χ2n) is 6.51. The minimum atomic E-state index is -0.186. The fourth-order valence-electron chi connectivity index (χ4n) is 3.30. The molecule has 1 aliphatic rings. The molecule has 1 aromatic rings. The summed E-state index contributed by atoms with van der Waals surface area (Å²) < 4.78 is 0. The van der Waals surface area contributed by atoms with Gasteiger partial charge in [-0.15, -0.1) is 0 Å². The average molecular weight is 296 g/mol. The van der Waals surface area contributed by atoms with Crippen molar-refractivity contribution in [3.8, 4) is 0 Å². The van der Waals surface area contributed by atoms with Gasteiger partial charge in [0, 0.05) is 10.7 Å². The molecule has 2 rings (SSSR count). The third kappa shape index (κ3) is 3.89. The van der Waals surface area contributed by atoms with Gasteiger partial charge in [0.05, 0.1) is 12.1 Å². The van der Waals surface area contributed by atoms with Crippen molar-refractivity contribution in [2.75, 3.05) is 11.9 Å². The third-order valence-corrected chi connectivity index (χ3v) is 4.94. The fourth-order valence-corrected chi connectivity index (χ4v) is 3.49. The number of aliphatic hydroxyl groups is 1. The number of nitrogens with one attached hydrogen (secondary N) is 1. The van der Waals surface area contributed by atoms with E-state index in [1.165, 1.54) is 19.3 Å². The highest BCUT2D eigenvalue weighted by Gasteiger charge is 2.33. The maximum absolute atomic E-state index is 9.93. The van der Waals surface area contributed by atoms with Crippen LogP contribution in [0.5, 0.6) is 0 Å². The highest BCUT2D eigenvalue weighted by Crippen LogP contribution is 2.36. The predicted octanol–water partition coefficient (Wildman–Crippen LogP) is 4.72. The summed E-state index contributed by atoms with van der Waals surface area (Å²) in [6, 6.07) is 7.78. The highest BCUT2D eigenvalue weighted by molar-refractivity contribution is 6.30. The maximum atomic E-state index is 9.93. The summed E-state index contributed by atoms with van der Waals surface area (Å²) in [4.78, 5) is 0. The van der Waals surface area contributed by atoms with Crippen LogP contribution in [-0.2, 0) is 0 Å². The lowest BCUT2D eigenvalue weighted by Gasteiger charge is -2.33. The molecule has 1 fully saturated rings. The molecule has 0 aromatic heterocycles. The summed E-state index contributed by atoms with van der Waals surface area (Å²) in [6.45, 7) is 4.80. The van der Waals surface area contributed by atoms with E-state index in [9.17, 15) is 5.11 Å². The Bertz CT molecular complexity index is 435. The first-order valence-corrected chi connectivity index (χ1v) is 8.07. The number of anilines is 1. The number of aliphatic hydroxyl groups excluding tert-OH is 1. The van der Waals surface area contributed by atoms with Crippen molar-refractivity contribution in [2.45, 2.75) is 51.5 Å². The number of benzene rings is 1. The van der Waals surface area contributed by atoms with Crippen LogP contribution in [0.2, 0.25) is 5.02 Å². The van der Waals surface area contributed by atoms with E-state index in [0.29, 0.717) is 0 Å². The first kappa shape index (κ1) is 15.7. The second-order valence-corrected chi connectivity index (χ2v) is 6.95. The van der Waals surface area contributed by atoms with Gasteiger partial charge in [0.1, 0.15) is 0 Å². The van der Waals surface area contributed by atoms with Gasteiger partial charge in [-0.1, -0.05) is 44.4 Å². The van der Waals surface area contributed by atoms with E-state index in [0.717, 1.165) is 35.4 Å². The van der Waals surface area contributed by atoms with Crippen molar-refractivity contribution < 1.29 is 5.11 Å². The molecule has 2 atom stereocenters. The molecule has 1 aromatic carbocycles. The van der Waals surface area contributed by atoms with Gasteiger partial charge in [0.2, 0.25) is 0 Å². The molecule has 0 saturated heterocycles. The van der Waals surface area contributed by atoms with Crippen molar-refractivity contribution in [3.05, 3.63) is 29.3 Å². The van der Waals surface area contributed by atoms with E-state index in [-0.39, 0.29) is 12.1 Å². The monoisotopic (exact) mass is 295 g/mol. The average Bonchev–Trinajstić information content (AvgIpc) is 2.62. The summed E-state index contributed by atoms with van der Waals surface area (Å²) in [6.07, 6.45) is 5.69. The van der Waals surface area contributed by atoms with Gasteiger partial charge in [0.25, 0.3) is 0 Å². The quantitative estimate of drug-likeness (QED) is 0.788. The minimum absolute atomic E-state index is 0.185.